The summed E-state index contributed by atoms with van der Waals surface area (Å²) in [5.41, 5.74) is 1.40. The van der Waals surface area contributed by atoms with Crippen molar-refractivity contribution in [3.63, 3.8) is 0 Å². The summed E-state index contributed by atoms with van der Waals surface area (Å²) >= 11 is 4.90. The van der Waals surface area contributed by atoms with E-state index in [0.717, 1.165) is 15.0 Å². The molecule has 0 atom stereocenters. The number of rotatable bonds is 5. The number of nitrogens with one attached hydrogen (secondary N) is 1. The van der Waals surface area contributed by atoms with Gasteiger partial charge in [-0.2, -0.15) is 5.26 Å². The number of esters is 1. The lowest BCUT2D eigenvalue weighted by Crippen LogP contribution is -2.05. The van der Waals surface area contributed by atoms with Crippen LogP contribution in [0, 0.1) is 11.3 Å². The van der Waals surface area contributed by atoms with Crippen molar-refractivity contribution in [1.29, 1.82) is 5.26 Å². The van der Waals surface area contributed by atoms with E-state index in [2.05, 4.69) is 27.3 Å². The molecule has 0 aliphatic heterocycles. The number of anilines is 1. The van der Waals surface area contributed by atoms with Crippen molar-refractivity contribution in [1.82, 2.24) is 0 Å². The SMILES string of the molecule is CCOC(=O)c1ccc(NCc2ccc(C#N)s2)c(Br)c1. The minimum Gasteiger partial charge on any atom is -0.462 e. The predicted molar refractivity (Wildman–Crippen MR) is 86.5 cm³/mol. The Bertz CT molecular complexity index is 691. The number of thiophene rings is 1. The molecular weight excluding hydrogens is 352 g/mol. The van der Waals surface area contributed by atoms with E-state index in [1.807, 2.05) is 12.1 Å². The lowest BCUT2D eigenvalue weighted by atomic mass is 10.2. The zero-order valence-electron chi connectivity index (χ0n) is 11.4. The average molecular weight is 365 g/mol. The van der Waals surface area contributed by atoms with E-state index in [0.29, 0.717) is 23.6 Å². The fraction of sp³-hybridized carbons (Fsp3) is 0.200. The van der Waals surface area contributed by atoms with Gasteiger partial charge in [-0.1, -0.05) is 0 Å². The maximum Gasteiger partial charge on any atom is 0.338 e. The van der Waals surface area contributed by atoms with E-state index in [4.69, 9.17) is 10.00 Å². The maximum atomic E-state index is 11.6. The molecule has 1 aromatic carbocycles. The lowest BCUT2D eigenvalue weighted by Gasteiger charge is -2.09. The Labute approximate surface area is 135 Å². The molecule has 0 unspecified atom stereocenters. The molecule has 108 valence electrons. The van der Waals surface area contributed by atoms with E-state index in [1.54, 1.807) is 25.1 Å². The highest BCUT2D eigenvalue weighted by molar-refractivity contribution is 9.10. The van der Waals surface area contributed by atoms with Gasteiger partial charge in [0.2, 0.25) is 0 Å². The van der Waals surface area contributed by atoms with Crippen LogP contribution in [0.1, 0.15) is 27.0 Å². The third kappa shape index (κ3) is 4.06. The van der Waals surface area contributed by atoms with Crippen LogP contribution >= 0.6 is 27.3 Å². The van der Waals surface area contributed by atoms with Crippen LogP contribution in [0.15, 0.2) is 34.8 Å². The van der Waals surface area contributed by atoms with Crippen molar-refractivity contribution in [2.75, 3.05) is 11.9 Å². The average Bonchev–Trinajstić information content (AvgIpc) is 2.94. The number of nitrogens with zero attached hydrogens (tertiary/aromatic N) is 1. The molecule has 0 aliphatic rings. The van der Waals surface area contributed by atoms with Gasteiger partial charge in [0.1, 0.15) is 10.9 Å². The number of benzene rings is 1. The van der Waals surface area contributed by atoms with Gasteiger partial charge in [-0.25, -0.2) is 4.79 Å². The monoisotopic (exact) mass is 364 g/mol. The Morgan fingerprint density at radius 3 is 2.86 bits per heavy atom. The van der Waals surface area contributed by atoms with Crippen molar-refractivity contribution in [2.45, 2.75) is 13.5 Å². The highest BCUT2D eigenvalue weighted by Gasteiger charge is 2.09. The Morgan fingerprint density at radius 2 is 2.24 bits per heavy atom. The van der Waals surface area contributed by atoms with E-state index in [9.17, 15) is 4.79 Å². The fourth-order valence-corrected chi connectivity index (χ4v) is 2.98. The van der Waals surface area contributed by atoms with Crippen molar-refractivity contribution in [3.05, 3.63) is 50.1 Å². The number of hydrogen-bond acceptors (Lipinski definition) is 5. The van der Waals surface area contributed by atoms with E-state index >= 15 is 0 Å². The molecule has 0 aliphatic carbocycles. The summed E-state index contributed by atoms with van der Waals surface area (Å²) in [6, 6.07) is 11.1. The van der Waals surface area contributed by atoms with Gasteiger partial charge in [0.15, 0.2) is 0 Å². The van der Waals surface area contributed by atoms with Gasteiger partial charge in [-0.3, -0.25) is 0 Å². The van der Waals surface area contributed by atoms with Crippen LogP contribution in [0.4, 0.5) is 5.69 Å². The van der Waals surface area contributed by atoms with Gasteiger partial charge in [-0.15, -0.1) is 11.3 Å². The van der Waals surface area contributed by atoms with Crippen molar-refractivity contribution in [3.8, 4) is 6.07 Å². The molecule has 2 aromatic rings. The Hall–Kier alpha value is -1.84. The molecular formula is C15H13BrN2O2S. The zero-order valence-corrected chi connectivity index (χ0v) is 13.8. The number of hydrogen-bond donors (Lipinski definition) is 1. The minimum absolute atomic E-state index is 0.332. The van der Waals surface area contributed by atoms with Crippen LogP contribution < -0.4 is 5.32 Å². The number of halogens is 1. The summed E-state index contributed by atoms with van der Waals surface area (Å²) in [7, 11) is 0. The zero-order chi connectivity index (χ0) is 15.2. The highest BCUT2D eigenvalue weighted by atomic mass is 79.9. The number of carbonyl (C=O) groups is 1. The smallest absolute Gasteiger partial charge is 0.338 e. The molecule has 0 bridgehead atoms. The molecule has 6 heteroatoms. The first kappa shape index (κ1) is 15.5. The normalized spacial score (nSPS) is 9.95. The van der Waals surface area contributed by atoms with Crippen LogP contribution in [-0.4, -0.2) is 12.6 Å². The molecule has 1 heterocycles. The van der Waals surface area contributed by atoms with E-state index in [-0.39, 0.29) is 5.97 Å². The molecule has 0 saturated heterocycles. The summed E-state index contributed by atoms with van der Waals surface area (Å²) in [5.74, 6) is -0.332. The van der Waals surface area contributed by atoms with Gasteiger partial charge in [-0.05, 0) is 53.2 Å². The van der Waals surface area contributed by atoms with Gasteiger partial charge in [0, 0.05) is 21.6 Å². The number of carbonyl (C=O) groups excluding carboxylic acids is 1. The lowest BCUT2D eigenvalue weighted by molar-refractivity contribution is 0.0526. The van der Waals surface area contributed by atoms with Crippen LogP contribution in [0.2, 0.25) is 0 Å². The van der Waals surface area contributed by atoms with Crippen LogP contribution in [-0.2, 0) is 11.3 Å². The Balaban J connectivity index is 2.04. The minimum atomic E-state index is -0.332. The van der Waals surface area contributed by atoms with Crippen molar-refractivity contribution >= 4 is 38.9 Å². The molecule has 0 amide bonds. The summed E-state index contributed by atoms with van der Waals surface area (Å²) in [4.78, 5) is 13.4. The second-order valence-corrected chi connectivity index (χ2v) is 6.17. The first-order valence-electron chi connectivity index (χ1n) is 6.33. The summed E-state index contributed by atoms with van der Waals surface area (Å²) in [6.07, 6.45) is 0. The third-order valence-electron chi connectivity index (χ3n) is 2.71. The quantitative estimate of drug-likeness (QED) is 0.808. The molecule has 0 saturated carbocycles. The largest absolute Gasteiger partial charge is 0.462 e. The second-order valence-electron chi connectivity index (χ2n) is 4.15. The van der Waals surface area contributed by atoms with Gasteiger partial charge in [0.05, 0.1) is 12.2 Å². The summed E-state index contributed by atoms with van der Waals surface area (Å²) in [5, 5.41) is 12.1. The van der Waals surface area contributed by atoms with Crippen LogP contribution in [0.5, 0.6) is 0 Å². The molecule has 4 nitrogen and oxygen atoms in total. The second kappa shape index (κ2) is 7.25. The molecule has 2 rings (SSSR count). The maximum absolute atomic E-state index is 11.6. The van der Waals surface area contributed by atoms with Gasteiger partial charge in [0.25, 0.3) is 0 Å². The van der Waals surface area contributed by atoms with Crippen LogP contribution in [0.3, 0.4) is 0 Å². The fourth-order valence-electron chi connectivity index (χ4n) is 1.72. The number of ether oxygens (including phenoxy) is 1. The standard InChI is InChI=1S/C15H13BrN2O2S/c1-2-20-15(19)10-3-6-14(13(16)7-10)18-9-12-5-4-11(8-17)21-12/h3-7,18H,2,9H2,1H3. The summed E-state index contributed by atoms with van der Waals surface area (Å²) in [6.45, 7) is 2.76. The molecule has 1 aromatic heterocycles. The number of nitriles is 1. The highest BCUT2D eigenvalue weighted by Crippen LogP contribution is 2.25. The molecule has 1 N–H and O–H groups in total. The van der Waals surface area contributed by atoms with Crippen molar-refractivity contribution < 1.29 is 9.53 Å². The Kier molecular flexibility index (Phi) is 5.37. The van der Waals surface area contributed by atoms with E-state index in [1.165, 1.54) is 11.3 Å². The predicted octanol–water partition coefficient (Wildman–Crippen LogP) is 4.17. The van der Waals surface area contributed by atoms with Gasteiger partial charge < -0.3 is 10.1 Å². The first-order chi connectivity index (χ1) is 10.1. The van der Waals surface area contributed by atoms with Crippen molar-refractivity contribution in [2.24, 2.45) is 0 Å². The molecule has 0 fully saturated rings. The van der Waals surface area contributed by atoms with Gasteiger partial charge >= 0.3 is 5.97 Å². The molecule has 21 heavy (non-hydrogen) atoms. The topological polar surface area (TPSA) is 62.1 Å². The molecule has 0 spiro atoms. The Morgan fingerprint density at radius 1 is 1.43 bits per heavy atom. The van der Waals surface area contributed by atoms with Crippen LogP contribution in [0.25, 0.3) is 0 Å². The third-order valence-corrected chi connectivity index (χ3v) is 4.35. The summed E-state index contributed by atoms with van der Waals surface area (Å²) < 4.78 is 5.75. The van der Waals surface area contributed by atoms with E-state index < -0.39 is 0 Å². The molecule has 0 radical (unpaired) electrons. The first-order valence-corrected chi connectivity index (χ1v) is 7.94.